The second-order valence-corrected chi connectivity index (χ2v) is 6.35. The molecule has 0 aliphatic rings. The molecule has 0 aliphatic carbocycles. The molecule has 20 heavy (non-hydrogen) atoms. The zero-order valence-corrected chi connectivity index (χ0v) is 12.7. The quantitative estimate of drug-likeness (QED) is 0.630. The average Bonchev–Trinajstić information content (AvgIpc) is 2.36. The van der Waals surface area contributed by atoms with Crippen LogP contribution in [0.1, 0.15) is 20.8 Å². The molecule has 1 aromatic rings. The van der Waals surface area contributed by atoms with Crippen molar-refractivity contribution < 1.29 is 17.9 Å². The molecule has 112 valence electrons. The van der Waals surface area contributed by atoms with E-state index in [9.17, 15) is 13.2 Å². The van der Waals surface area contributed by atoms with Crippen molar-refractivity contribution in [1.82, 2.24) is 4.31 Å². The van der Waals surface area contributed by atoms with Gasteiger partial charge in [0.05, 0.1) is 12.3 Å². The van der Waals surface area contributed by atoms with Crippen LogP contribution in [0.2, 0.25) is 0 Å². The molecule has 0 saturated heterocycles. The minimum atomic E-state index is -3.84. The van der Waals surface area contributed by atoms with Gasteiger partial charge in [0.2, 0.25) is 10.0 Å². The summed E-state index contributed by atoms with van der Waals surface area (Å²) in [5.41, 5.74) is 5.87. The number of carbonyl (C=O) groups excluding carboxylic acids is 1. The molecule has 1 rings (SSSR count). The first-order valence-electron chi connectivity index (χ1n) is 6.32. The molecule has 0 aliphatic heterocycles. The molecule has 0 spiro atoms. The zero-order chi connectivity index (χ0) is 15.3. The SMILES string of the molecule is CCOC(=O)CN(C(C)C)S(=O)(=O)c1ccccc1N. The number of rotatable bonds is 6. The number of nitrogens with zero attached hydrogens (tertiary/aromatic N) is 1. The Hall–Kier alpha value is -1.60. The van der Waals surface area contributed by atoms with Crippen molar-refractivity contribution in [3.8, 4) is 0 Å². The molecule has 1 aromatic carbocycles. The molecule has 0 amide bonds. The summed E-state index contributed by atoms with van der Waals surface area (Å²) < 4.78 is 31.0. The van der Waals surface area contributed by atoms with Crippen LogP contribution in [-0.4, -0.2) is 37.9 Å². The molecule has 7 heteroatoms. The molecule has 0 heterocycles. The molecule has 0 saturated carbocycles. The number of benzene rings is 1. The number of para-hydroxylation sites is 1. The first-order chi connectivity index (χ1) is 9.30. The number of ether oxygens (including phenoxy) is 1. The van der Waals surface area contributed by atoms with E-state index in [1.165, 1.54) is 12.1 Å². The van der Waals surface area contributed by atoms with Crippen LogP contribution in [0.5, 0.6) is 0 Å². The van der Waals surface area contributed by atoms with E-state index in [2.05, 4.69) is 0 Å². The lowest BCUT2D eigenvalue weighted by Crippen LogP contribution is -2.41. The summed E-state index contributed by atoms with van der Waals surface area (Å²) in [6, 6.07) is 5.79. The van der Waals surface area contributed by atoms with Gasteiger partial charge in [0, 0.05) is 6.04 Å². The van der Waals surface area contributed by atoms with Crippen molar-refractivity contribution in [3.05, 3.63) is 24.3 Å². The summed E-state index contributed by atoms with van der Waals surface area (Å²) in [5.74, 6) is -0.584. The standard InChI is InChI=1S/C13H20N2O4S/c1-4-19-13(16)9-15(10(2)3)20(17,18)12-8-6-5-7-11(12)14/h5-8,10H,4,9,14H2,1-3H3. The fourth-order valence-electron chi connectivity index (χ4n) is 1.72. The Morgan fingerprint density at radius 3 is 2.45 bits per heavy atom. The van der Waals surface area contributed by atoms with Crippen LogP contribution in [0.25, 0.3) is 0 Å². The first-order valence-corrected chi connectivity index (χ1v) is 7.76. The summed E-state index contributed by atoms with van der Waals surface area (Å²) in [7, 11) is -3.84. The van der Waals surface area contributed by atoms with Crippen LogP contribution in [0, 0.1) is 0 Å². The van der Waals surface area contributed by atoms with Crippen LogP contribution in [0.4, 0.5) is 5.69 Å². The number of anilines is 1. The van der Waals surface area contributed by atoms with Gasteiger partial charge < -0.3 is 10.5 Å². The third-order valence-corrected chi connectivity index (χ3v) is 4.77. The second kappa shape index (κ2) is 6.71. The van der Waals surface area contributed by atoms with Crippen LogP contribution in [0.3, 0.4) is 0 Å². The number of esters is 1. The second-order valence-electron chi connectivity index (χ2n) is 4.49. The lowest BCUT2D eigenvalue weighted by atomic mass is 10.3. The third-order valence-electron chi connectivity index (χ3n) is 2.67. The highest BCUT2D eigenvalue weighted by Crippen LogP contribution is 2.23. The number of hydrogen-bond donors (Lipinski definition) is 1. The Balaban J connectivity index is 3.14. The van der Waals surface area contributed by atoms with E-state index in [4.69, 9.17) is 10.5 Å². The summed E-state index contributed by atoms with van der Waals surface area (Å²) in [4.78, 5) is 11.6. The van der Waals surface area contributed by atoms with Crippen molar-refractivity contribution in [2.24, 2.45) is 0 Å². The zero-order valence-electron chi connectivity index (χ0n) is 11.9. The minimum absolute atomic E-state index is 0.00185. The molecule has 6 nitrogen and oxygen atoms in total. The maximum atomic E-state index is 12.6. The van der Waals surface area contributed by atoms with E-state index >= 15 is 0 Å². The van der Waals surface area contributed by atoms with Gasteiger partial charge in [0.25, 0.3) is 0 Å². The minimum Gasteiger partial charge on any atom is -0.465 e. The van der Waals surface area contributed by atoms with Crippen molar-refractivity contribution in [3.63, 3.8) is 0 Å². The average molecular weight is 300 g/mol. The fraction of sp³-hybridized carbons (Fsp3) is 0.462. The summed E-state index contributed by atoms with van der Waals surface area (Å²) >= 11 is 0. The van der Waals surface area contributed by atoms with Gasteiger partial charge in [-0.15, -0.1) is 0 Å². The van der Waals surface area contributed by atoms with Crippen molar-refractivity contribution in [1.29, 1.82) is 0 Å². The maximum absolute atomic E-state index is 12.6. The van der Waals surface area contributed by atoms with Gasteiger partial charge in [-0.2, -0.15) is 4.31 Å². The Morgan fingerprint density at radius 1 is 1.35 bits per heavy atom. The Bertz CT molecular complexity index is 569. The van der Waals surface area contributed by atoms with E-state index < -0.39 is 16.0 Å². The topological polar surface area (TPSA) is 89.7 Å². The molecule has 0 aromatic heterocycles. The number of nitrogen functional groups attached to an aromatic ring is 1. The lowest BCUT2D eigenvalue weighted by molar-refractivity contribution is -0.143. The van der Waals surface area contributed by atoms with Gasteiger partial charge in [-0.1, -0.05) is 12.1 Å². The van der Waals surface area contributed by atoms with Crippen molar-refractivity contribution in [2.45, 2.75) is 31.7 Å². The fourth-order valence-corrected chi connectivity index (χ4v) is 3.42. The molecule has 2 N–H and O–H groups in total. The van der Waals surface area contributed by atoms with E-state index in [0.717, 1.165) is 4.31 Å². The highest BCUT2D eigenvalue weighted by atomic mass is 32.2. The monoisotopic (exact) mass is 300 g/mol. The lowest BCUT2D eigenvalue weighted by Gasteiger charge is -2.25. The van der Waals surface area contributed by atoms with Gasteiger partial charge in [-0.05, 0) is 32.9 Å². The van der Waals surface area contributed by atoms with Gasteiger partial charge in [0.1, 0.15) is 11.4 Å². The number of sulfonamides is 1. The number of hydrogen-bond acceptors (Lipinski definition) is 5. The predicted octanol–water partition coefficient (Wildman–Crippen LogP) is 1.23. The normalized spacial score (nSPS) is 11.8. The molecule has 0 atom stereocenters. The van der Waals surface area contributed by atoms with Crippen LogP contribution in [-0.2, 0) is 19.6 Å². The van der Waals surface area contributed by atoms with E-state index in [1.54, 1.807) is 32.9 Å². The summed E-state index contributed by atoms with van der Waals surface area (Å²) in [5, 5.41) is 0. The van der Waals surface area contributed by atoms with E-state index in [1.807, 2.05) is 0 Å². The smallest absolute Gasteiger partial charge is 0.321 e. The Morgan fingerprint density at radius 2 is 1.95 bits per heavy atom. The maximum Gasteiger partial charge on any atom is 0.321 e. The van der Waals surface area contributed by atoms with E-state index in [0.29, 0.717) is 0 Å². The molecule has 0 unspecified atom stereocenters. The van der Waals surface area contributed by atoms with Crippen molar-refractivity contribution in [2.75, 3.05) is 18.9 Å². The van der Waals surface area contributed by atoms with E-state index in [-0.39, 0.29) is 29.8 Å². The van der Waals surface area contributed by atoms with Crippen molar-refractivity contribution >= 4 is 21.7 Å². The summed E-state index contributed by atoms with van der Waals surface area (Å²) in [6.07, 6.45) is 0. The highest BCUT2D eigenvalue weighted by molar-refractivity contribution is 7.89. The van der Waals surface area contributed by atoms with Gasteiger partial charge in [-0.3, -0.25) is 4.79 Å². The first kappa shape index (κ1) is 16.5. The Labute approximate surface area is 119 Å². The molecule has 0 fully saturated rings. The Kier molecular flexibility index (Phi) is 5.52. The van der Waals surface area contributed by atoms with Crippen LogP contribution < -0.4 is 5.73 Å². The molecular weight excluding hydrogens is 280 g/mol. The van der Waals surface area contributed by atoms with Gasteiger partial charge in [0.15, 0.2) is 0 Å². The highest BCUT2D eigenvalue weighted by Gasteiger charge is 2.30. The number of carbonyl (C=O) groups is 1. The predicted molar refractivity (Wildman–Crippen MR) is 76.5 cm³/mol. The molecular formula is C13H20N2O4S. The van der Waals surface area contributed by atoms with Gasteiger partial charge >= 0.3 is 5.97 Å². The van der Waals surface area contributed by atoms with Gasteiger partial charge in [-0.25, -0.2) is 8.42 Å². The molecule has 0 bridgehead atoms. The third kappa shape index (κ3) is 3.71. The van der Waals surface area contributed by atoms with Crippen LogP contribution >= 0.6 is 0 Å². The number of nitrogens with two attached hydrogens (primary N) is 1. The molecule has 0 radical (unpaired) electrons. The largest absolute Gasteiger partial charge is 0.465 e. The van der Waals surface area contributed by atoms with Crippen LogP contribution in [0.15, 0.2) is 29.2 Å². The summed E-state index contributed by atoms with van der Waals surface area (Å²) in [6.45, 7) is 4.92.